The van der Waals surface area contributed by atoms with E-state index in [-0.39, 0.29) is 10.9 Å². The van der Waals surface area contributed by atoms with Crippen LogP contribution >= 0.6 is 0 Å². The number of aromatic nitrogens is 2. The molecular weight excluding hydrogens is 268 g/mol. The van der Waals surface area contributed by atoms with Crippen molar-refractivity contribution in [3.63, 3.8) is 0 Å². The summed E-state index contributed by atoms with van der Waals surface area (Å²) in [4.78, 5) is 7.93. The Labute approximate surface area is 114 Å². The van der Waals surface area contributed by atoms with Crippen molar-refractivity contribution in [2.45, 2.75) is 24.8 Å². The smallest absolute Gasteiger partial charge is 0.246 e. The molecule has 1 aromatic rings. The summed E-state index contributed by atoms with van der Waals surface area (Å²) in [7, 11) is -0.390. The van der Waals surface area contributed by atoms with Gasteiger partial charge in [0.15, 0.2) is 0 Å². The van der Waals surface area contributed by atoms with Crippen molar-refractivity contribution < 1.29 is 13.2 Å². The molecule has 1 heterocycles. The summed E-state index contributed by atoms with van der Waals surface area (Å²) in [6.07, 6.45) is 2.60. The molecule has 0 aliphatic heterocycles. The van der Waals surface area contributed by atoms with Gasteiger partial charge in [0.1, 0.15) is 4.90 Å². The van der Waals surface area contributed by atoms with E-state index in [1.165, 1.54) is 23.8 Å². The number of sulfonamides is 1. The lowest BCUT2D eigenvalue weighted by molar-refractivity contribution is 0.171. The topological polar surface area (TPSA) is 84.4 Å². The monoisotopic (exact) mass is 288 g/mol. The van der Waals surface area contributed by atoms with E-state index in [0.717, 1.165) is 0 Å². The highest BCUT2D eigenvalue weighted by molar-refractivity contribution is 7.89. The van der Waals surface area contributed by atoms with Crippen LogP contribution in [0.1, 0.15) is 13.8 Å². The zero-order valence-electron chi connectivity index (χ0n) is 11.6. The van der Waals surface area contributed by atoms with Gasteiger partial charge in [-0.3, -0.25) is 0 Å². The maximum Gasteiger partial charge on any atom is 0.246 e. The Kier molecular flexibility index (Phi) is 5.64. The zero-order chi connectivity index (χ0) is 14.5. The molecule has 0 saturated heterocycles. The molecule has 0 bridgehead atoms. The van der Waals surface area contributed by atoms with Crippen LogP contribution in [0.15, 0.2) is 17.3 Å². The van der Waals surface area contributed by atoms with Crippen LogP contribution in [0.3, 0.4) is 0 Å². The molecule has 0 amide bonds. The second-order valence-electron chi connectivity index (χ2n) is 4.19. The lowest BCUT2D eigenvalue weighted by Crippen LogP contribution is -2.39. The van der Waals surface area contributed by atoms with Crippen LogP contribution < -0.4 is 5.32 Å². The summed E-state index contributed by atoms with van der Waals surface area (Å²) in [6.45, 7) is 4.27. The van der Waals surface area contributed by atoms with E-state index in [1.807, 2.05) is 13.8 Å². The Balaban J connectivity index is 3.04. The number of hydrogen-bond donors (Lipinski definition) is 1. The maximum absolute atomic E-state index is 12.4. The first-order chi connectivity index (χ1) is 8.93. The zero-order valence-corrected chi connectivity index (χ0v) is 12.4. The fraction of sp³-hybridized carbons (Fsp3) is 0.636. The number of anilines is 1. The Morgan fingerprint density at radius 3 is 2.37 bits per heavy atom. The van der Waals surface area contributed by atoms with E-state index in [1.54, 1.807) is 7.05 Å². The number of methoxy groups -OCH3 is 1. The SMILES string of the molecule is CNc1ncc(S(=O)(=O)N(CCOC)C(C)C)cn1. The van der Waals surface area contributed by atoms with Gasteiger partial charge in [0.2, 0.25) is 16.0 Å². The van der Waals surface area contributed by atoms with Gasteiger partial charge >= 0.3 is 0 Å². The Morgan fingerprint density at radius 1 is 1.37 bits per heavy atom. The van der Waals surface area contributed by atoms with Gasteiger partial charge in [-0.1, -0.05) is 0 Å². The first-order valence-electron chi connectivity index (χ1n) is 5.94. The Bertz CT molecular complexity index is 487. The summed E-state index contributed by atoms with van der Waals surface area (Å²) in [6, 6.07) is -0.163. The standard InChI is InChI=1S/C11H20N4O3S/c1-9(2)15(5-6-18-4)19(16,17)10-7-13-11(12-3)14-8-10/h7-9H,5-6H2,1-4H3,(H,12,13,14). The lowest BCUT2D eigenvalue weighted by atomic mass is 10.4. The van der Waals surface area contributed by atoms with E-state index in [2.05, 4.69) is 15.3 Å². The van der Waals surface area contributed by atoms with Crippen molar-refractivity contribution in [2.75, 3.05) is 32.6 Å². The molecule has 0 aliphatic carbocycles. The second-order valence-corrected chi connectivity index (χ2v) is 6.09. The molecule has 0 radical (unpaired) electrons. The molecule has 0 atom stereocenters. The van der Waals surface area contributed by atoms with Crippen LogP contribution in [0, 0.1) is 0 Å². The molecule has 0 saturated carbocycles. The molecule has 19 heavy (non-hydrogen) atoms. The maximum atomic E-state index is 12.4. The molecule has 0 unspecified atom stereocenters. The van der Waals surface area contributed by atoms with Crippen LogP contribution in [0.4, 0.5) is 5.95 Å². The molecule has 1 aromatic heterocycles. The van der Waals surface area contributed by atoms with Gasteiger partial charge in [0.25, 0.3) is 0 Å². The molecule has 0 aliphatic rings. The molecule has 7 nitrogen and oxygen atoms in total. The average Bonchev–Trinajstić information content (AvgIpc) is 2.38. The van der Waals surface area contributed by atoms with Gasteiger partial charge in [-0.05, 0) is 13.8 Å². The molecule has 0 fully saturated rings. The third-order valence-corrected chi connectivity index (χ3v) is 4.58. The van der Waals surface area contributed by atoms with Crippen LogP contribution in [-0.4, -0.2) is 56.0 Å². The normalized spacial score (nSPS) is 12.1. The number of nitrogens with one attached hydrogen (secondary N) is 1. The van der Waals surface area contributed by atoms with Crippen LogP contribution in [-0.2, 0) is 14.8 Å². The minimum absolute atomic E-state index is 0.0799. The van der Waals surface area contributed by atoms with E-state index < -0.39 is 10.0 Å². The predicted octanol–water partition coefficient (Wildman–Crippen LogP) is 0.564. The van der Waals surface area contributed by atoms with Crippen molar-refractivity contribution in [3.8, 4) is 0 Å². The van der Waals surface area contributed by atoms with Gasteiger partial charge in [0.05, 0.1) is 19.0 Å². The van der Waals surface area contributed by atoms with Gasteiger partial charge in [-0.25, -0.2) is 18.4 Å². The van der Waals surface area contributed by atoms with Crippen molar-refractivity contribution in [1.29, 1.82) is 0 Å². The molecular formula is C11H20N4O3S. The largest absolute Gasteiger partial charge is 0.383 e. The highest BCUT2D eigenvalue weighted by Gasteiger charge is 2.27. The molecule has 0 spiro atoms. The van der Waals surface area contributed by atoms with Gasteiger partial charge in [-0.2, -0.15) is 4.31 Å². The number of rotatable bonds is 7. The van der Waals surface area contributed by atoms with Crippen molar-refractivity contribution in [2.24, 2.45) is 0 Å². The average molecular weight is 288 g/mol. The molecule has 8 heteroatoms. The highest BCUT2D eigenvalue weighted by atomic mass is 32.2. The van der Waals surface area contributed by atoms with Crippen LogP contribution in [0.2, 0.25) is 0 Å². The fourth-order valence-corrected chi connectivity index (χ4v) is 3.06. The first-order valence-corrected chi connectivity index (χ1v) is 7.38. The van der Waals surface area contributed by atoms with E-state index >= 15 is 0 Å². The Hall–Kier alpha value is -1.25. The number of nitrogens with zero attached hydrogens (tertiary/aromatic N) is 3. The minimum atomic E-state index is -3.60. The minimum Gasteiger partial charge on any atom is -0.383 e. The van der Waals surface area contributed by atoms with E-state index in [0.29, 0.717) is 19.1 Å². The molecule has 108 valence electrons. The second kappa shape index (κ2) is 6.78. The number of hydrogen-bond acceptors (Lipinski definition) is 6. The molecule has 0 aromatic carbocycles. The highest BCUT2D eigenvalue weighted by Crippen LogP contribution is 2.17. The summed E-state index contributed by atoms with van der Waals surface area (Å²) in [5.74, 6) is 0.381. The van der Waals surface area contributed by atoms with Crippen molar-refractivity contribution >= 4 is 16.0 Å². The summed E-state index contributed by atoms with van der Waals surface area (Å²) < 4.78 is 31.2. The van der Waals surface area contributed by atoms with E-state index in [9.17, 15) is 8.42 Å². The summed E-state index contributed by atoms with van der Waals surface area (Å²) >= 11 is 0. The summed E-state index contributed by atoms with van der Waals surface area (Å²) in [5, 5.41) is 2.74. The van der Waals surface area contributed by atoms with Crippen molar-refractivity contribution in [1.82, 2.24) is 14.3 Å². The fourth-order valence-electron chi connectivity index (χ4n) is 1.55. The van der Waals surface area contributed by atoms with Crippen molar-refractivity contribution in [3.05, 3.63) is 12.4 Å². The van der Waals surface area contributed by atoms with Gasteiger partial charge in [0, 0.05) is 26.7 Å². The first kappa shape index (κ1) is 15.8. The molecule has 1 rings (SSSR count). The quantitative estimate of drug-likeness (QED) is 0.789. The van der Waals surface area contributed by atoms with Crippen LogP contribution in [0.25, 0.3) is 0 Å². The number of ether oxygens (including phenoxy) is 1. The third kappa shape index (κ3) is 3.85. The van der Waals surface area contributed by atoms with Crippen LogP contribution in [0.5, 0.6) is 0 Å². The van der Waals surface area contributed by atoms with E-state index in [4.69, 9.17) is 4.74 Å². The lowest BCUT2D eigenvalue weighted by Gasteiger charge is -2.25. The predicted molar refractivity (Wildman–Crippen MR) is 72.5 cm³/mol. The third-order valence-electron chi connectivity index (χ3n) is 2.55. The molecule has 1 N–H and O–H groups in total. The van der Waals surface area contributed by atoms with Gasteiger partial charge < -0.3 is 10.1 Å². The van der Waals surface area contributed by atoms with Gasteiger partial charge in [-0.15, -0.1) is 0 Å². The Morgan fingerprint density at radius 2 is 1.95 bits per heavy atom. The summed E-state index contributed by atoms with van der Waals surface area (Å²) in [5.41, 5.74) is 0.